The van der Waals surface area contributed by atoms with Gasteiger partial charge in [-0.15, -0.1) is 0 Å². The lowest BCUT2D eigenvalue weighted by Gasteiger charge is -2.07. The first-order valence-corrected chi connectivity index (χ1v) is 3.52. The van der Waals surface area contributed by atoms with Crippen molar-refractivity contribution < 1.29 is 5.11 Å². The van der Waals surface area contributed by atoms with E-state index in [2.05, 4.69) is 4.98 Å². The number of nitrogens with two attached hydrogens (primary N) is 2. The lowest BCUT2D eigenvalue weighted by atomic mass is 10.1. The van der Waals surface area contributed by atoms with Gasteiger partial charge in [0.05, 0.1) is 0 Å². The van der Waals surface area contributed by atoms with Crippen molar-refractivity contribution >= 4 is 0 Å². The van der Waals surface area contributed by atoms with E-state index >= 15 is 0 Å². The second-order valence-corrected chi connectivity index (χ2v) is 2.51. The van der Waals surface area contributed by atoms with Crippen LogP contribution in [0.2, 0.25) is 0 Å². The van der Waals surface area contributed by atoms with E-state index in [0.717, 1.165) is 0 Å². The van der Waals surface area contributed by atoms with Crippen molar-refractivity contribution in [2.24, 2.45) is 11.5 Å². The Morgan fingerprint density at radius 1 is 1.58 bits per heavy atom. The molecule has 0 fully saturated rings. The van der Waals surface area contributed by atoms with Crippen LogP contribution in [0.25, 0.3) is 0 Å². The zero-order valence-electron chi connectivity index (χ0n) is 6.45. The summed E-state index contributed by atoms with van der Waals surface area (Å²) in [5.41, 5.74) is 11.0. The van der Waals surface area contributed by atoms with Crippen molar-refractivity contribution in [3.05, 3.63) is 28.0 Å². The van der Waals surface area contributed by atoms with Crippen LogP contribution in [0.4, 0.5) is 0 Å². The van der Waals surface area contributed by atoms with Crippen molar-refractivity contribution in [1.29, 1.82) is 0 Å². The molecule has 0 aliphatic carbocycles. The Labute approximate surface area is 69.0 Å². The van der Waals surface area contributed by atoms with Gasteiger partial charge in [0.2, 0.25) is 0 Å². The molecular formula is C7H11N3O2. The van der Waals surface area contributed by atoms with Crippen LogP contribution in [0.1, 0.15) is 11.6 Å². The van der Waals surface area contributed by atoms with E-state index in [1.54, 1.807) is 0 Å². The highest BCUT2D eigenvalue weighted by atomic mass is 16.3. The molecule has 5 nitrogen and oxygen atoms in total. The van der Waals surface area contributed by atoms with E-state index in [0.29, 0.717) is 5.56 Å². The quantitative estimate of drug-likeness (QED) is 0.457. The molecule has 0 radical (unpaired) electrons. The molecule has 0 unspecified atom stereocenters. The molecule has 66 valence electrons. The van der Waals surface area contributed by atoms with Gasteiger partial charge in [0.15, 0.2) is 5.88 Å². The Morgan fingerprint density at radius 2 is 2.25 bits per heavy atom. The summed E-state index contributed by atoms with van der Waals surface area (Å²) in [5.74, 6) is -0.193. The third kappa shape index (κ3) is 1.84. The van der Waals surface area contributed by atoms with Crippen LogP contribution < -0.4 is 17.0 Å². The van der Waals surface area contributed by atoms with Crippen LogP contribution in [0.5, 0.6) is 5.88 Å². The molecule has 1 rings (SSSR count). The minimum Gasteiger partial charge on any atom is -0.495 e. The Morgan fingerprint density at radius 3 is 2.75 bits per heavy atom. The number of nitrogens with one attached hydrogen (secondary N) is 1. The topological polar surface area (TPSA) is 105 Å². The Bertz CT molecular complexity index is 321. The first-order valence-electron chi connectivity index (χ1n) is 3.52. The summed E-state index contributed by atoms with van der Waals surface area (Å²) in [7, 11) is 0. The number of aromatic amines is 1. The van der Waals surface area contributed by atoms with Crippen LogP contribution in [0, 0.1) is 0 Å². The standard InChI is InChI=1S/C7H11N3O2/c8-3-5(9)4-1-6(11)10-7(12)2-4/h1-2,5H,3,8-9H2,(H2,10,11,12)/t5-/m1/s1. The molecule has 1 heterocycles. The van der Waals surface area contributed by atoms with Gasteiger partial charge in [-0.2, -0.15) is 0 Å². The molecule has 1 atom stereocenters. The first kappa shape index (κ1) is 8.76. The van der Waals surface area contributed by atoms with Crippen molar-refractivity contribution in [2.45, 2.75) is 6.04 Å². The monoisotopic (exact) mass is 169 g/mol. The van der Waals surface area contributed by atoms with Gasteiger partial charge < -0.3 is 16.6 Å². The van der Waals surface area contributed by atoms with Gasteiger partial charge in [0.25, 0.3) is 5.56 Å². The molecular weight excluding hydrogens is 158 g/mol. The smallest absolute Gasteiger partial charge is 0.251 e. The largest absolute Gasteiger partial charge is 0.495 e. The molecule has 0 aliphatic rings. The summed E-state index contributed by atoms with van der Waals surface area (Å²) in [6, 6.07) is 2.30. The second-order valence-electron chi connectivity index (χ2n) is 2.51. The predicted octanol–water partition coefficient (Wildman–Crippen LogP) is -0.961. The Balaban J connectivity index is 3.08. The van der Waals surface area contributed by atoms with E-state index < -0.39 is 6.04 Å². The second kappa shape index (κ2) is 3.38. The summed E-state index contributed by atoms with van der Waals surface area (Å²) in [6.45, 7) is 0.239. The van der Waals surface area contributed by atoms with E-state index in [-0.39, 0.29) is 18.0 Å². The average molecular weight is 169 g/mol. The van der Waals surface area contributed by atoms with Gasteiger partial charge >= 0.3 is 0 Å². The van der Waals surface area contributed by atoms with Crippen molar-refractivity contribution in [3.63, 3.8) is 0 Å². The molecule has 0 saturated heterocycles. The maximum Gasteiger partial charge on any atom is 0.251 e. The number of H-pyrrole nitrogens is 1. The summed E-state index contributed by atoms with van der Waals surface area (Å²) in [5, 5.41) is 8.99. The van der Waals surface area contributed by atoms with E-state index in [1.165, 1.54) is 12.1 Å². The molecule has 0 aliphatic heterocycles. The normalized spacial score (nSPS) is 12.8. The molecule has 0 amide bonds. The fourth-order valence-corrected chi connectivity index (χ4v) is 0.899. The third-order valence-corrected chi connectivity index (χ3v) is 1.53. The predicted molar refractivity (Wildman–Crippen MR) is 44.7 cm³/mol. The van der Waals surface area contributed by atoms with Gasteiger partial charge in [-0.05, 0) is 5.56 Å². The summed E-state index contributed by atoms with van der Waals surface area (Å²) >= 11 is 0. The Kier molecular flexibility index (Phi) is 2.47. The van der Waals surface area contributed by atoms with Crippen LogP contribution in [0.15, 0.2) is 16.9 Å². The van der Waals surface area contributed by atoms with E-state index in [9.17, 15) is 4.79 Å². The first-order chi connectivity index (χ1) is 5.63. The van der Waals surface area contributed by atoms with Crippen molar-refractivity contribution in [2.75, 3.05) is 6.54 Å². The number of hydrogen-bond donors (Lipinski definition) is 4. The van der Waals surface area contributed by atoms with Crippen LogP contribution >= 0.6 is 0 Å². The number of aromatic hydroxyl groups is 1. The van der Waals surface area contributed by atoms with Gasteiger partial charge in [0, 0.05) is 24.7 Å². The minimum atomic E-state index is -0.404. The van der Waals surface area contributed by atoms with Gasteiger partial charge in [-0.1, -0.05) is 0 Å². The third-order valence-electron chi connectivity index (χ3n) is 1.53. The molecule has 0 bridgehead atoms. The summed E-state index contributed by atoms with van der Waals surface area (Å²) in [6.07, 6.45) is 0. The molecule has 12 heavy (non-hydrogen) atoms. The zero-order valence-corrected chi connectivity index (χ0v) is 6.45. The minimum absolute atomic E-state index is 0.193. The van der Waals surface area contributed by atoms with Crippen LogP contribution in [-0.4, -0.2) is 16.6 Å². The van der Waals surface area contributed by atoms with E-state index in [4.69, 9.17) is 16.6 Å². The number of hydrogen-bond acceptors (Lipinski definition) is 4. The number of pyridine rings is 1. The maximum atomic E-state index is 10.8. The lowest BCUT2D eigenvalue weighted by molar-refractivity contribution is 0.450. The average Bonchev–Trinajstić information content (AvgIpc) is 2.01. The van der Waals surface area contributed by atoms with E-state index in [1.807, 2.05) is 0 Å². The Hall–Kier alpha value is -1.33. The fourth-order valence-electron chi connectivity index (χ4n) is 0.899. The van der Waals surface area contributed by atoms with Gasteiger partial charge in [-0.3, -0.25) is 9.78 Å². The molecule has 0 aromatic carbocycles. The highest BCUT2D eigenvalue weighted by Crippen LogP contribution is 2.10. The zero-order chi connectivity index (χ0) is 9.14. The summed E-state index contributed by atoms with van der Waals surface area (Å²) < 4.78 is 0. The fraction of sp³-hybridized carbons (Fsp3) is 0.286. The molecule has 0 spiro atoms. The SMILES string of the molecule is NC[C@@H](N)c1cc(O)[nH]c(=O)c1. The number of rotatable bonds is 2. The molecule has 1 aromatic heterocycles. The lowest BCUT2D eigenvalue weighted by Crippen LogP contribution is -2.22. The van der Waals surface area contributed by atoms with Crippen LogP contribution in [0.3, 0.4) is 0 Å². The maximum absolute atomic E-state index is 10.8. The van der Waals surface area contributed by atoms with Crippen molar-refractivity contribution in [3.8, 4) is 5.88 Å². The highest BCUT2D eigenvalue weighted by molar-refractivity contribution is 5.22. The molecule has 5 heteroatoms. The molecule has 6 N–H and O–H groups in total. The van der Waals surface area contributed by atoms with Gasteiger partial charge in [0.1, 0.15) is 0 Å². The van der Waals surface area contributed by atoms with Gasteiger partial charge in [-0.25, -0.2) is 0 Å². The van der Waals surface area contributed by atoms with Crippen molar-refractivity contribution in [1.82, 2.24) is 4.98 Å². The van der Waals surface area contributed by atoms with Crippen LogP contribution in [-0.2, 0) is 0 Å². The number of aromatic nitrogens is 1. The highest BCUT2D eigenvalue weighted by Gasteiger charge is 2.05. The summed E-state index contributed by atoms with van der Waals surface area (Å²) in [4.78, 5) is 13.0. The molecule has 0 saturated carbocycles. The molecule has 1 aromatic rings.